The summed E-state index contributed by atoms with van der Waals surface area (Å²) in [5, 5.41) is 1.44. The quantitative estimate of drug-likeness (QED) is 0.773. The lowest BCUT2D eigenvalue weighted by Gasteiger charge is -2.21. The van der Waals surface area contributed by atoms with Crippen LogP contribution in [-0.2, 0) is 6.42 Å². The highest BCUT2D eigenvalue weighted by Crippen LogP contribution is 2.38. The summed E-state index contributed by atoms with van der Waals surface area (Å²) in [5.74, 6) is 0.549. The zero-order chi connectivity index (χ0) is 12.0. The van der Waals surface area contributed by atoms with Crippen molar-refractivity contribution in [1.82, 2.24) is 4.98 Å². The summed E-state index contributed by atoms with van der Waals surface area (Å²) < 4.78 is 0. The van der Waals surface area contributed by atoms with Crippen LogP contribution < -0.4 is 5.73 Å². The van der Waals surface area contributed by atoms with Crippen LogP contribution in [0.1, 0.15) is 41.1 Å². The minimum Gasteiger partial charge on any atom is -0.358 e. The third-order valence-electron chi connectivity index (χ3n) is 4.16. The Morgan fingerprint density at radius 3 is 2.82 bits per heavy atom. The summed E-state index contributed by atoms with van der Waals surface area (Å²) >= 11 is 0. The van der Waals surface area contributed by atoms with Gasteiger partial charge >= 0.3 is 0 Å². The number of benzene rings is 1. The number of aryl methyl sites for hydroxylation is 3. The molecule has 2 aromatic rings. The monoisotopic (exact) mass is 228 g/mol. The first-order valence-corrected chi connectivity index (χ1v) is 6.53. The van der Waals surface area contributed by atoms with Crippen molar-refractivity contribution in [2.75, 3.05) is 6.54 Å². The summed E-state index contributed by atoms with van der Waals surface area (Å²) in [5.41, 5.74) is 12.9. The van der Waals surface area contributed by atoms with Crippen LogP contribution in [0.15, 0.2) is 12.1 Å². The predicted octanol–water partition coefficient (Wildman–Crippen LogP) is 3.16. The molecule has 17 heavy (non-hydrogen) atoms. The first-order chi connectivity index (χ1) is 8.22. The summed E-state index contributed by atoms with van der Waals surface area (Å²) in [6, 6.07) is 4.44. The maximum absolute atomic E-state index is 5.94. The number of nitrogens with one attached hydrogen (secondary N) is 1. The summed E-state index contributed by atoms with van der Waals surface area (Å²) in [7, 11) is 0. The molecule has 3 N–H and O–H groups in total. The first kappa shape index (κ1) is 10.8. The standard InChI is InChI=1S/C15H20N2/c1-9-6-7-10(2)15-13(9)14-11(8-16)4-3-5-12(14)17-15/h6-7,11,17H,3-5,8,16H2,1-2H3. The van der Waals surface area contributed by atoms with Gasteiger partial charge in [-0.25, -0.2) is 0 Å². The molecule has 3 rings (SSSR count). The molecule has 1 aliphatic rings. The van der Waals surface area contributed by atoms with Crippen molar-refractivity contribution in [2.24, 2.45) is 5.73 Å². The summed E-state index contributed by atoms with van der Waals surface area (Å²) in [4.78, 5) is 3.63. The third-order valence-corrected chi connectivity index (χ3v) is 4.16. The molecule has 1 heterocycles. The van der Waals surface area contributed by atoms with E-state index >= 15 is 0 Å². The number of rotatable bonds is 1. The number of hydrogen-bond donors (Lipinski definition) is 2. The zero-order valence-electron chi connectivity index (χ0n) is 10.6. The zero-order valence-corrected chi connectivity index (χ0v) is 10.6. The van der Waals surface area contributed by atoms with Crippen molar-refractivity contribution < 1.29 is 0 Å². The Bertz CT molecular complexity index is 566. The van der Waals surface area contributed by atoms with Crippen LogP contribution in [-0.4, -0.2) is 11.5 Å². The average Bonchev–Trinajstić information content (AvgIpc) is 2.74. The molecule has 1 aromatic carbocycles. The smallest absolute Gasteiger partial charge is 0.0491 e. The fraction of sp³-hybridized carbons (Fsp3) is 0.467. The van der Waals surface area contributed by atoms with Gasteiger partial charge in [0.25, 0.3) is 0 Å². The van der Waals surface area contributed by atoms with Crippen molar-refractivity contribution in [1.29, 1.82) is 0 Å². The number of fused-ring (bicyclic) bond motifs is 3. The molecule has 0 amide bonds. The fourth-order valence-electron chi connectivity index (χ4n) is 3.24. The van der Waals surface area contributed by atoms with E-state index in [2.05, 4.69) is 31.0 Å². The first-order valence-electron chi connectivity index (χ1n) is 6.53. The lowest BCUT2D eigenvalue weighted by molar-refractivity contribution is 0.560. The summed E-state index contributed by atoms with van der Waals surface area (Å²) in [6.07, 6.45) is 3.68. The summed E-state index contributed by atoms with van der Waals surface area (Å²) in [6.45, 7) is 5.16. The molecule has 0 fully saturated rings. The molecule has 90 valence electrons. The fourth-order valence-corrected chi connectivity index (χ4v) is 3.24. The van der Waals surface area contributed by atoms with Gasteiger partial charge in [0.15, 0.2) is 0 Å². The van der Waals surface area contributed by atoms with Gasteiger partial charge in [-0.15, -0.1) is 0 Å². The minimum absolute atomic E-state index is 0.549. The number of H-pyrrole nitrogens is 1. The van der Waals surface area contributed by atoms with Crippen molar-refractivity contribution in [3.8, 4) is 0 Å². The van der Waals surface area contributed by atoms with Gasteiger partial charge in [-0.1, -0.05) is 12.1 Å². The normalized spacial score (nSPS) is 19.6. The van der Waals surface area contributed by atoms with Crippen molar-refractivity contribution in [2.45, 2.75) is 39.0 Å². The second kappa shape index (κ2) is 3.88. The van der Waals surface area contributed by atoms with Crippen molar-refractivity contribution in [3.05, 3.63) is 34.5 Å². The molecule has 0 spiro atoms. The molecular weight excluding hydrogens is 208 g/mol. The van der Waals surface area contributed by atoms with Crippen LogP contribution in [0.3, 0.4) is 0 Å². The Morgan fingerprint density at radius 2 is 2.06 bits per heavy atom. The van der Waals surface area contributed by atoms with E-state index in [-0.39, 0.29) is 0 Å². The number of aromatic nitrogens is 1. The Hall–Kier alpha value is -1.28. The Kier molecular flexibility index (Phi) is 2.48. The Labute approximate surface area is 102 Å². The third kappa shape index (κ3) is 1.51. The van der Waals surface area contributed by atoms with E-state index in [0.29, 0.717) is 5.92 Å². The largest absolute Gasteiger partial charge is 0.358 e. The van der Waals surface area contributed by atoms with Gasteiger partial charge in [0, 0.05) is 16.6 Å². The van der Waals surface area contributed by atoms with E-state index in [0.717, 1.165) is 6.54 Å². The molecule has 2 heteroatoms. The molecular formula is C15H20N2. The molecule has 0 saturated carbocycles. The molecule has 1 unspecified atom stereocenters. The van der Waals surface area contributed by atoms with Crippen LogP contribution in [0, 0.1) is 13.8 Å². The van der Waals surface area contributed by atoms with Gasteiger partial charge in [-0.05, 0) is 62.3 Å². The van der Waals surface area contributed by atoms with Gasteiger partial charge in [-0.3, -0.25) is 0 Å². The van der Waals surface area contributed by atoms with E-state index < -0.39 is 0 Å². The second-order valence-electron chi connectivity index (χ2n) is 5.29. The van der Waals surface area contributed by atoms with Gasteiger partial charge in [0.1, 0.15) is 0 Å². The van der Waals surface area contributed by atoms with Gasteiger partial charge in [0.05, 0.1) is 0 Å². The van der Waals surface area contributed by atoms with Crippen molar-refractivity contribution >= 4 is 10.9 Å². The highest BCUT2D eigenvalue weighted by Gasteiger charge is 2.24. The molecule has 0 radical (unpaired) electrons. The lowest BCUT2D eigenvalue weighted by Crippen LogP contribution is -2.17. The average molecular weight is 228 g/mol. The van der Waals surface area contributed by atoms with Gasteiger partial charge in [0.2, 0.25) is 0 Å². The maximum Gasteiger partial charge on any atom is 0.0491 e. The lowest BCUT2D eigenvalue weighted by atomic mass is 9.84. The maximum atomic E-state index is 5.94. The SMILES string of the molecule is Cc1ccc(C)c2c3c([nH]c12)CCCC3CN. The van der Waals surface area contributed by atoms with E-state index in [1.807, 2.05) is 0 Å². The Morgan fingerprint density at radius 1 is 1.29 bits per heavy atom. The van der Waals surface area contributed by atoms with E-state index in [4.69, 9.17) is 5.73 Å². The Balaban J connectivity index is 2.36. The van der Waals surface area contributed by atoms with E-state index in [1.54, 1.807) is 0 Å². The minimum atomic E-state index is 0.549. The van der Waals surface area contributed by atoms with Crippen LogP contribution in [0.4, 0.5) is 0 Å². The van der Waals surface area contributed by atoms with Gasteiger partial charge in [-0.2, -0.15) is 0 Å². The van der Waals surface area contributed by atoms with Crippen LogP contribution >= 0.6 is 0 Å². The van der Waals surface area contributed by atoms with Gasteiger partial charge < -0.3 is 10.7 Å². The molecule has 1 aliphatic carbocycles. The number of aromatic amines is 1. The topological polar surface area (TPSA) is 41.8 Å². The highest BCUT2D eigenvalue weighted by molar-refractivity contribution is 5.91. The predicted molar refractivity (Wildman–Crippen MR) is 72.5 cm³/mol. The van der Waals surface area contributed by atoms with Crippen LogP contribution in [0.5, 0.6) is 0 Å². The highest BCUT2D eigenvalue weighted by atomic mass is 14.7. The molecule has 1 aromatic heterocycles. The second-order valence-corrected chi connectivity index (χ2v) is 5.29. The molecule has 2 nitrogen and oxygen atoms in total. The van der Waals surface area contributed by atoms with Crippen LogP contribution in [0.25, 0.3) is 10.9 Å². The van der Waals surface area contributed by atoms with Crippen LogP contribution in [0.2, 0.25) is 0 Å². The van der Waals surface area contributed by atoms with Crippen molar-refractivity contribution in [3.63, 3.8) is 0 Å². The number of nitrogens with two attached hydrogens (primary N) is 1. The van der Waals surface area contributed by atoms with E-state index in [1.165, 1.54) is 52.5 Å². The molecule has 0 bridgehead atoms. The van der Waals surface area contributed by atoms with E-state index in [9.17, 15) is 0 Å². The molecule has 1 atom stereocenters. The number of hydrogen-bond acceptors (Lipinski definition) is 1. The molecule has 0 aliphatic heterocycles. The molecule has 0 saturated heterocycles.